The number of hydrogen-bond donors (Lipinski definition) is 1. The number of hydrogen-bond acceptors (Lipinski definition) is 6. The molecule has 1 fully saturated rings. The van der Waals surface area contributed by atoms with Crippen LogP contribution in [-0.4, -0.2) is 41.5 Å². The molecular weight excluding hydrogens is 458 g/mol. The minimum atomic E-state index is -0.765. The van der Waals surface area contributed by atoms with Crippen molar-refractivity contribution in [2.24, 2.45) is 0 Å². The van der Waals surface area contributed by atoms with Gasteiger partial charge in [-0.3, -0.25) is 9.59 Å². The summed E-state index contributed by atoms with van der Waals surface area (Å²) in [6, 6.07) is 21.0. The summed E-state index contributed by atoms with van der Waals surface area (Å²) in [5.74, 6) is 0.118. The molecule has 2 aliphatic rings. The summed E-state index contributed by atoms with van der Waals surface area (Å²) in [6.07, 6.45) is 0.883. The number of likely N-dealkylation sites (tertiary alicyclic amines) is 1. The molecule has 0 spiro atoms. The van der Waals surface area contributed by atoms with Crippen LogP contribution in [0.25, 0.3) is 5.76 Å². The predicted molar refractivity (Wildman–Crippen MR) is 134 cm³/mol. The summed E-state index contributed by atoms with van der Waals surface area (Å²) in [5.41, 5.74) is 2.00. The fourth-order valence-electron chi connectivity index (χ4n) is 4.48. The van der Waals surface area contributed by atoms with Crippen molar-refractivity contribution in [3.63, 3.8) is 0 Å². The third kappa shape index (κ3) is 4.52. The first-order chi connectivity index (χ1) is 17.6. The van der Waals surface area contributed by atoms with Crippen LogP contribution >= 0.6 is 0 Å². The van der Waals surface area contributed by atoms with Crippen molar-refractivity contribution in [2.75, 3.05) is 19.8 Å². The van der Waals surface area contributed by atoms with Crippen molar-refractivity contribution in [2.45, 2.75) is 25.9 Å². The topological polar surface area (TPSA) is 85.3 Å². The van der Waals surface area contributed by atoms with Crippen molar-refractivity contribution >= 4 is 17.4 Å². The van der Waals surface area contributed by atoms with Gasteiger partial charge in [0, 0.05) is 12.1 Å². The Kier molecular flexibility index (Phi) is 6.62. The fourth-order valence-corrected chi connectivity index (χ4v) is 4.48. The number of nitrogens with zero attached hydrogens (tertiary/aromatic N) is 1. The van der Waals surface area contributed by atoms with Crippen LogP contribution in [0.2, 0.25) is 0 Å². The average Bonchev–Trinajstić information content (AvgIpc) is 3.17. The van der Waals surface area contributed by atoms with Gasteiger partial charge in [0.1, 0.15) is 24.7 Å². The van der Waals surface area contributed by atoms with Crippen molar-refractivity contribution in [1.82, 2.24) is 4.90 Å². The highest BCUT2D eigenvalue weighted by atomic mass is 16.6. The summed E-state index contributed by atoms with van der Waals surface area (Å²) in [4.78, 5) is 28.1. The maximum absolute atomic E-state index is 13.3. The molecule has 184 valence electrons. The van der Waals surface area contributed by atoms with Crippen LogP contribution in [0.3, 0.4) is 0 Å². The van der Waals surface area contributed by atoms with Gasteiger partial charge in [-0.1, -0.05) is 49.4 Å². The minimum Gasteiger partial charge on any atom is -0.507 e. The first-order valence-corrected chi connectivity index (χ1v) is 12.0. The van der Waals surface area contributed by atoms with Gasteiger partial charge < -0.3 is 24.2 Å². The Bertz CT molecular complexity index is 1300. The van der Waals surface area contributed by atoms with Crippen LogP contribution in [-0.2, 0) is 16.1 Å². The lowest BCUT2D eigenvalue weighted by atomic mass is 9.95. The molecule has 1 amide bonds. The quantitative estimate of drug-likeness (QED) is 0.292. The third-order valence-corrected chi connectivity index (χ3v) is 6.22. The van der Waals surface area contributed by atoms with Gasteiger partial charge in [0.05, 0.1) is 18.2 Å². The molecule has 0 aromatic heterocycles. The van der Waals surface area contributed by atoms with E-state index in [1.807, 2.05) is 61.5 Å². The van der Waals surface area contributed by atoms with Crippen LogP contribution in [0.5, 0.6) is 17.2 Å². The molecular formula is C29H27NO6. The second kappa shape index (κ2) is 10.2. The number of rotatable bonds is 7. The Labute approximate surface area is 209 Å². The van der Waals surface area contributed by atoms with E-state index >= 15 is 0 Å². The second-order valence-corrected chi connectivity index (χ2v) is 8.69. The second-order valence-electron chi connectivity index (χ2n) is 8.69. The van der Waals surface area contributed by atoms with Gasteiger partial charge in [0.2, 0.25) is 0 Å². The molecule has 3 aromatic rings. The fraction of sp³-hybridized carbons (Fsp3) is 0.241. The molecule has 1 saturated heterocycles. The third-order valence-electron chi connectivity index (χ3n) is 6.22. The molecule has 5 rings (SSSR count). The number of carbonyl (C=O) groups is 2. The lowest BCUT2D eigenvalue weighted by molar-refractivity contribution is -0.140. The van der Waals surface area contributed by atoms with Gasteiger partial charge in [0.25, 0.3) is 11.7 Å². The number of benzene rings is 3. The summed E-state index contributed by atoms with van der Waals surface area (Å²) in [7, 11) is 0. The number of ether oxygens (including phenoxy) is 3. The molecule has 0 bridgehead atoms. The van der Waals surface area contributed by atoms with Crippen molar-refractivity contribution in [1.29, 1.82) is 0 Å². The highest BCUT2D eigenvalue weighted by molar-refractivity contribution is 6.46. The predicted octanol–water partition coefficient (Wildman–Crippen LogP) is 4.87. The maximum Gasteiger partial charge on any atom is 0.295 e. The highest BCUT2D eigenvalue weighted by Gasteiger charge is 2.46. The zero-order valence-electron chi connectivity index (χ0n) is 20.0. The molecule has 7 nitrogen and oxygen atoms in total. The SMILES string of the molecule is CCCOc1ccc([C@H]2/C(=C(\O)c3ccc4c(c3)OCCO4)C(=O)C(=O)N2Cc2ccccc2)cc1. The number of fused-ring (bicyclic) bond motifs is 1. The van der Waals surface area contributed by atoms with E-state index in [-0.39, 0.29) is 17.9 Å². The van der Waals surface area contributed by atoms with Crippen molar-refractivity contribution in [3.05, 3.63) is 95.1 Å². The largest absolute Gasteiger partial charge is 0.507 e. The van der Waals surface area contributed by atoms with E-state index in [1.165, 1.54) is 4.90 Å². The lowest BCUT2D eigenvalue weighted by Crippen LogP contribution is -2.29. The molecule has 2 heterocycles. The van der Waals surface area contributed by atoms with Crippen molar-refractivity contribution < 1.29 is 28.9 Å². The zero-order valence-corrected chi connectivity index (χ0v) is 20.0. The Balaban J connectivity index is 1.59. The number of Topliss-reactive ketones (excluding diaryl/α,β-unsaturated/α-hetero) is 1. The number of amides is 1. The van der Waals surface area contributed by atoms with Gasteiger partial charge in [0.15, 0.2) is 11.5 Å². The first-order valence-electron chi connectivity index (χ1n) is 12.0. The number of aliphatic hydroxyl groups excluding tert-OH is 1. The van der Waals surface area contributed by atoms with E-state index in [4.69, 9.17) is 14.2 Å². The van der Waals surface area contributed by atoms with Gasteiger partial charge in [-0.15, -0.1) is 0 Å². The Hall–Kier alpha value is -4.26. The number of carbonyl (C=O) groups excluding carboxylic acids is 2. The van der Waals surface area contributed by atoms with E-state index < -0.39 is 17.7 Å². The standard InChI is InChI=1S/C29H27NO6/c1-2-14-34-22-11-8-20(9-12-22)26-25(27(31)21-10-13-23-24(17-21)36-16-15-35-23)28(32)29(33)30(26)18-19-6-4-3-5-7-19/h3-13,17,26,31H,2,14-16,18H2,1H3/b27-25+/t26-/m0/s1. The summed E-state index contributed by atoms with van der Waals surface area (Å²) in [5, 5.41) is 11.4. The van der Waals surface area contributed by atoms with Gasteiger partial charge in [-0.05, 0) is 47.9 Å². The molecule has 0 radical (unpaired) electrons. The van der Waals surface area contributed by atoms with Crippen LogP contribution in [0.1, 0.15) is 36.1 Å². The average molecular weight is 486 g/mol. The normalized spacial score (nSPS) is 18.4. The Morgan fingerprint density at radius 3 is 2.42 bits per heavy atom. The number of ketones is 1. The molecule has 0 saturated carbocycles. The van der Waals surface area contributed by atoms with Crippen LogP contribution < -0.4 is 14.2 Å². The van der Waals surface area contributed by atoms with E-state index in [2.05, 4.69) is 0 Å². The van der Waals surface area contributed by atoms with Crippen LogP contribution in [0.15, 0.2) is 78.4 Å². The lowest BCUT2D eigenvalue weighted by Gasteiger charge is -2.26. The number of aliphatic hydroxyl groups is 1. The monoisotopic (exact) mass is 485 g/mol. The molecule has 7 heteroatoms. The zero-order chi connectivity index (χ0) is 25.1. The van der Waals surface area contributed by atoms with Crippen LogP contribution in [0, 0.1) is 0 Å². The molecule has 0 aliphatic carbocycles. The van der Waals surface area contributed by atoms with E-state index in [0.29, 0.717) is 48.2 Å². The highest BCUT2D eigenvalue weighted by Crippen LogP contribution is 2.42. The van der Waals surface area contributed by atoms with Crippen molar-refractivity contribution in [3.8, 4) is 17.2 Å². The van der Waals surface area contributed by atoms with Gasteiger partial charge in [-0.25, -0.2) is 0 Å². The van der Waals surface area contributed by atoms with Gasteiger partial charge in [-0.2, -0.15) is 0 Å². The smallest absolute Gasteiger partial charge is 0.295 e. The summed E-state index contributed by atoms with van der Waals surface area (Å²) in [6.45, 7) is 3.69. The summed E-state index contributed by atoms with van der Waals surface area (Å²) >= 11 is 0. The first kappa shape index (κ1) is 23.5. The summed E-state index contributed by atoms with van der Waals surface area (Å²) < 4.78 is 16.9. The maximum atomic E-state index is 13.3. The van der Waals surface area contributed by atoms with E-state index in [0.717, 1.165) is 12.0 Å². The molecule has 1 N–H and O–H groups in total. The minimum absolute atomic E-state index is 0.0369. The van der Waals surface area contributed by atoms with E-state index in [9.17, 15) is 14.7 Å². The van der Waals surface area contributed by atoms with E-state index in [1.54, 1.807) is 18.2 Å². The molecule has 1 atom stereocenters. The molecule has 0 unspecified atom stereocenters. The Morgan fingerprint density at radius 1 is 0.972 bits per heavy atom. The molecule has 3 aromatic carbocycles. The van der Waals surface area contributed by atoms with Crippen LogP contribution in [0.4, 0.5) is 0 Å². The Morgan fingerprint density at radius 2 is 1.69 bits per heavy atom. The molecule has 36 heavy (non-hydrogen) atoms. The molecule has 2 aliphatic heterocycles. The van der Waals surface area contributed by atoms with Gasteiger partial charge >= 0.3 is 0 Å².